The highest BCUT2D eigenvalue weighted by atomic mass is 32.1. The number of carboxylic acids is 1. The van der Waals surface area contributed by atoms with E-state index < -0.39 is 23.8 Å². The van der Waals surface area contributed by atoms with Gasteiger partial charge in [0.15, 0.2) is 0 Å². The van der Waals surface area contributed by atoms with Crippen LogP contribution in [-0.4, -0.2) is 29.6 Å². The van der Waals surface area contributed by atoms with Crippen LogP contribution >= 0.6 is 11.3 Å². The highest BCUT2D eigenvalue weighted by Crippen LogP contribution is 2.49. The van der Waals surface area contributed by atoms with E-state index in [0.717, 1.165) is 36.1 Å². The maximum Gasteiger partial charge on any atom is 0.341 e. The average Bonchev–Trinajstić information content (AvgIpc) is 3.33. The zero-order chi connectivity index (χ0) is 19.1. The molecule has 144 valence electrons. The number of esters is 1. The van der Waals surface area contributed by atoms with E-state index in [1.165, 1.54) is 11.3 Å². The van der Waals surface area contributed by atoms with Crippen molar-refractivity contribution in [2.24, 2.45) is 23.7 Å². The number of rotatable bonds is 5. The van der Waals surface area contributed by atoms with Crippen molar-refractivity contribution in [1.29, 1.82) is 0 Å². The topological polar surface area (TPSA) is 92.7 Å². The Labute approximate surface area is 161 Å². The van der Waals surface area contributed by atoms with Crippen LogP contribution < -0.4 is 5.32 Å². The van der Waals surface area contributed by atoms with E-state index >= 15 is 0 Å². The molecule has 2 N–H and O–H groups in total. The van der Waals surface area contributed by atoms with Gasteiger partial charge in [0.25, 0.3) is 0 Å². The summed E-state index contributed by atoms with van der Waals surface area (Å²) in [6.45, 7) is 2.03. The number of carbonyl (C=O) groups excluding carboxylic acids is 2. The van der Waals surface area contributed by atoms with Crippen molar-refractivity contribution in [2.75, 3.05) is 11.9 Å². The molecule has 0 aromatic carbocycles. The molecule has 3 aliphatic carbocycles. The Bertz CT molecular complexity index is 827. The first kappa shape index (κ1) is 18.2. The van der Waals surface area contributed by atoms with Crippen molar-refractivity contribution in [1.82, 2.24) is 0 Å². The second kappa shape index (κ2) is 7.11. The number of aryl methyl sites for hydroxylation is 1. The Balaban J connectivity index is 1.63. The third-order valence-electron chi connectivity index (χ3n) is 5.93. The lowest BCUT2D eigenvalue weighted by atomic mass is 9.82. The van der Waals surface area contributed by atoms with Gasteiger partial charge in [-0.2, -0.15) is 0 Å². The number of allylic oxidation sites excluding steroid dienone is 2. The third-order valence-corrected chi connectivity index (χ3v) is 7.14. The largest absolute Gasteiger partial charge is 0.481 e. The Kier molecular flexibility index (Phi) is 4.80. The first-order valence-corrected chi connectivity index (χ1v) is 10.4. The van der Waals surface area contributed by atoms with Gasteiger partial charge in [-0.25, -0.2) is 4.79 Å². The number of thiophene rings is 1. The lowest BCUT2D eigenvalue weighted by Gasteiger charge is -2.23. The molecule has 3 aliphatic rings. The minimum atomic E-state index is -0.928. The molecule has 1 aromatic rings. The van der Waals surface area contributed by atoms with E-state index in [1.54, 1.807) is 6.92 Å². The summed E-state index contributed by atoms with van der Waals surface area (Å²) < 4.78 is 5.22. The normalized spacial score (nSPS) is 28.0. The molecule has 27 heavy (non-hydrogen) atoms. The minimum Gasteiger partial charge on any atom is -0.481 e. The molecule has 1 heterocycles. The number of aliphatic carboxylic acids is 1. The number of hydrogen-bond acceptors (Lipinski definition) is 5. The van der Waals surface area contributed by atoms with E-state index in [0.29, 0.717) is 17.0 Å². The van der Waals surface area contributed by atoms with Crippen molar-refractivity contribution in [2.45, 2.75) is 39.0 Å². The van der Waals surface area contributed by atoms with Crippen molar-refractivity contribution in [3.63, 3.8) is 0 Å². The number of carboxylic acid groups (broad SMARTS) is 1. The number of nitrogens with one attached hydrogen (secondary N) is 1. The highest BCUT2D eigenvalue weighted by Gasteiger charge is 2.51. The monoisotopic (exact) mass is 389 g/mol. The van der Waals surface area contributed by atoms with Crippen LogP contribution in [-0.2, 0) is 27.2 Å². The number of ether oxygens (including phenoxy) is 1. The van der Waals surface area contributed by atoms with Crippen LogP contribution in [0, 0.1) is 23.7 Å². The summed E-state index contributed by atoms with van der Waals surface area (Å²) in [4.78, 5) is 38.4. The molecule has 6 nitrogen and oxygen atoms in total. The van der Waals surface area contributed by atoms with Crippen LogP contribution in [0.25, 0.3) is 0 Å². The summed E-state index contributed by atoms with van der Waals surface area (Å²) in [6.07, 6.45) is 8.38. The molecule has 0 aliphatic heterocycles. The summed E-state index contributed by atoms with van der Waals surface area (Å²) in [5, 5.41) is 13.0. The lowest BCUT2D eigenvalue weighted by molar-refractivity contribution is -0.146. The van der Waals surface area contributed by atoms with Crippen molar-refractivity contribution in [3.8, 4) is 0 Å². The van der Waals surface area contributed by atoms with Gasteiger partial charge in [0.1, 0.15) is 5.00 Å². The molecule has 1 fully saturated rings. The Hall–Kier alpha value is -2.15. The highest BCUT2D eigenvalue weighted by molar-refractivity contribution is 7.17. The van der Waals surface area contributed by atoms with Crippen LogP contribution in [0.3, 0.4) is 0 Å². The predicted octanol–water partition coefficient (Wildman–Crippen LogP) is 3.27. The van der Waals surface area contributed by atoms with E-state index in [4.69, 9.17) is 4.74 Å². The number of hydrogen-bond donors (Lipinski definition) is 2. The first-order valence-electron chi connectivity index (χ1n) is 9.55. The number of anilines is 1. The summed E-state index contributed by atoms with van der Waals surface area (Å²) in [5.41, 5.74) is 1.46. The molecular formula is C20H23NO5S. The molecule has 1 saturated carbocycles. The molecular weight excluding hydrogens is 366 g/mol. The fraction of sp³-hybridized carbons (Fsp3) is 0.550. The zero-order valence-electron chi connectivity index (χ0n) is 15.2. The molecule has 1 aromatic heterocycles. The van der Waals surface area contributed by atoms with Gasteiger partial charge in [-0.3, -0.25) is 9.59 Å². The molecule has 7 heteroatoms. The fourth-order valence-corrected chi connectivity index (χ4v) is 6.07. The van der Waals surface area contributed by atoms with Gasteiger partial charge in [0, 0.05) is 4.88 Å². The van der Waals surface area contributed by atoms with Crippen LogP contribution in [0.4, 0.5) is 5.00 Å². The molecule has 1 amide bonds. The average molecular weight is 389 g/mol. The van der Waals surface area contributed by atoms with E-state index in [-0.39, 0.29) is 24.3 Å². The SMILES string of the molecule is CCOC(=O)c1c(NC(=O)[C@H]2[C@@H](C(=O)O)[C@H]3C=C[C@@H]2C3)sc2c1CCCC2. The molecule has 0 spiro atoms. The van der Waals surface area contributed by atoms with Gasteiger partial charge in [-0.1, -0.05) is 12.2 Å². The molecule has 2 bridgehead atoms. The van der Waals surface area contributed by atoms with Crippen LogP contribution in [0.5, 0.6) is 0 Å². The fourth-order valence-electron chi connectivity index (χ4n) is 4.78. The van der Waals surface area contributed by atoms with Gasteiger partial charge in [0.05, 0.1) is 24.0 Å². The lowest BCUT2D eigenvalue weighted by Crippen LogP contribution is -2.36. The Morgan fingerprint density at radius 3 is 2.59 bits per heavy atom. The first-order chi connectivity index (χ1) is 13.0. The summed E-state index contributed by atoms with van der Waals surface area (Å²) >= 11 is 1.43. The predicted molar refractivity (Wildman–Crippen MR) is 101 cm³/mol. The van der Waals surface area contributed by atoms with Gasteiger partial charge in [-0.15, -0.1) is 11.3 Å². The molecule has 0 saturated heterocycles. The maximum atomic E-state index is 13.0. The second-order valence-electron chi connectivity index (χ2n) is 7.46. The van der Waals surface area contributed by atoms with E-state index in [9.17, 15) is 19.5 Å². The van der Waals surface area contributed by atoms with Gasteiger partial charge >= 0.3 is 11.9 Å². The quantitative estimate of drug-likeness (QED) is 0.596. The molecule has 4 rings (SSSR count). The third kappa shape index (κ3) is 3.08. The van der Waals surface area contributed by atoms with Crippen LogP contribution in [0.2, 0.25) is 0 Å². The van der Waals surface area contributed by atoms with E-state index in [1.807, 2.05) is 12.2 Å². The number of carbonyl (C=O) groups is 3. The number of fused-ring (bicyclic) bond motifs is 3. The number of amides is 1. The zero-order valence-corrected chi connectivity index (χ0v) is 16.0. The van der Waals surface area contributed by atoms with Gasteiger partial charge in [-0.05, 0) is 56.4 Å². The molecule has 0 unspecified atom stereocenters. The second-order valence-corrected chi connectivity index (χ2v) is 8.57. The van der Waals surface area contributed by atoms with Gasteiger partial charge in [0.2, 0.25) is 5.91 Å². The molecule has 4 atom stereocenters. The van der Waals surface area contributed by atoms with Crippen LogP contribution in [0.1, 0.15) is 47.0 Å². The maximum absolute atomic E-state index is 13.0. The van der Waals surface area contributed by atoms with E-state index in [2.05, 4.69) is 5.32 Å². The summed E-state index contributed by atoms with van der Waals surface area (Å²) in [6, 6.07) is 0. The summed E-state index contributed by atoms with van der Waals surface area (Å²) in [5.74, 6) is -3.05. The van der Waals surface area contributed by atoms with Crippen LogP contribution in [0.15, 0.2) is 12.2 Å². The minimum absolute atomic E-state index is 0.0447. The smallest absolute Gasteiger partial charge is 0.341 e. The molecule has 0 radical (unpaired) electrons. The van der Waals surface area contributed by atoms with Gasteiger partial charge < -0.3 is 15.2 Å². The van der Waals surface area contributed by atoms with Crippen molar-refractivity contribution < 1.29 is 24.2 Å². The standard InChI is InChI=1S/C20H23NO5S/c1-2-26-20(25)16-12-5-3-4-6-13(12)27-18(16)21-17(22)14-10-7-8-11(9-10)15(14)19(23)24/h7-8,10-11,14-15H,2-6,9H2,1H3,(H,21,22)(H,23,24)/t10-,11+,14-,15+/m1/s1. The Morgan fingerprint density at radius 2 is 1.89 bits per heavy atom. The Morgan fingerprint density at radius 1 is 1.19 bits per heavy atom. The van der Waals surface area contributed by atoms with Crippen molar-refractivity contribution >= 4 is 34.2 Å². The van der Waals surface area contributed by atoms with Crippen molar-refractivity contribution in [3.05, 3.63) is 28.2 Å². The summed E-state index contributed by atoms with van der Waals surface area (Å²) in [7, 11) is 0.